The van der Waals surface area contributed by atoms with Gasteiger partial charge >= 0.3 is 5.97 Å². The molecular weight excluding hydrogens is 410 g/mol. The molecule has 0 radical (unpaired) electrons. The number of carbonyl (C=O) groups excluding carboxylic acids is 1. The van der Waals surface area contributed by atoms with Crippen molar-refractivity contribution in [3.63, 3.8) is 0 Å². The van der Waals surface area contributed by atoms with Crippen LogP contribution in [0.25, 0.3) is 0 Å². The van der Waals surface area contributed by atoms with E-state index in [1.807, 2.05) is 0 Å². The fraction of sp³-hybridized carbons (Fsp3) is 0.278. The van der Waals surface area contributed by atoms with E-state index in [9.17, 15) is 23.3 Å². The number of ether oxygens (including phenoxy) is 2. The minimum Gasteiger partial charge on any atom is -0.461 e. The summed E-state index contributed by atoms with van der Waals surface area (Å²) < 4.78 is 34.0. The van der Waals surface area contributed by atoms with E-state index in [4.69, 9.17) is 21.1 Å². The lowest BCUT2D eigenvalue weighted by Gasteiger charge is -2.07. The molecule has 0 saturated heterocycles. The second kappa shape index (κ2) is 9.63. The predicted octanol–water partition coefficient (Wildman–Crippen LogP) is 2.95. The van der Waals surface area contributed by atoms with Gasteiger partial charge in [0.1, 0.15) is 11.6 Å². The van der Waals surface area contributed by atoms with Gasteiger partial charge in [-0.1, -0.05) is 29.8 Å². The van der Waals surface area contributed by atoms with Crippen LogP contribution in [0.1, 0.15) is 11.1 Å². The van der Waals surface area contributed by atoms with E-state index in [2.05, 4.69) is 0 Å². The van der Waals surface area contributed by atoms with Crippen molar-refractivity contribution in [1.29, 1.82) is 0 Å². The largest absolute Gasteiger partial charge is 0.461 e. The summed E-state index contributed by atoms with van der Waals surface area (Å²) in [7, 11) is -2.01. The molecule has 0 N–H and O–H groups in total. The van der Waals surface area contributed by atoms with E-state index in [1.165, 1.54) is 49.6 Å². The molecule has 0 amide bonds. The number of nitro groups is 1. The van der Waals surface area contributed by atoms with Crippen molar-refractivity contribution in [3.05, 3.63) is 68.7 Å². The van der Waals surface area contributed by atoms with Crippen molar-refractivity contribution < 1.29 is 27.6 Å². The van der Waals surface area contributed by atoms with Crippen LogP contribution in [0.2, 0.25) is 5.02 Å². The molecule has 0 fully saturated rings. The van der Waals surface area contributed by atoms with Gasteiger partial charge in [0.05, 0.1) is 28.6 Å². The highest BCUT2D eigenvalue weighted by Crippen LogP contribution is 2.25. The standard InChI is InChI=1S/C18H18ClNO7S/c1-26-8-9-28(24,25)15-5-2-13(3-6-15)11-18(21)27-12-14-4-7-16(19)17(10-14)20(22)23/h2-7,10H,8-9,11-12H2,1H3. The first-order valence-electron chi connectivity index (χ1n) is 8.12. The number of nitro benzene ring substituents is 1. The molecular formula is C18H18ClNO7S. The lowest BCUT2D eigenvalue weighted by Crippen LogP contribution is -2.12. The Hall–Kier alpha value is -2.49. The Bertz CT molecular complexity index is 958. The van der Waals surface area contributed by atoms with Crippen molar-refractivity contribution in [2.45, 2.75) is 17.9 Å². The number of halogens is 1. The highest BCUT2D eigenvalue weighted by atomic mass is 35.5. The molecule has 0 bridgehead atoms. The Morgan fingerprint density at radius 1 is 1.14 bits per heavy atom. The zero-order chi connectivity index (χ0) is 20.7. The minimum atomic E-state index is -3.44. The lowest BCUT2D eigenvalue weighted by atomic mass is 10.1. The number of esters is 1. The summed E-state index contributed by atoms with van der Waals surface area (Å²) in [5.74, 6) is -0.675. The number of sulfone groups is 1. The second-order valence-corrected chi connectivity index (χ2v) is 8.35. The van der Waals surface area contributed by atoms with Gasteiger partial charge in [-0.05, 0) is 29.3 Å². The molecule has 8 nitrogen and oxygen atoms in total. The Kier molecular flexibility index (Phi) is 7.50. The van der Waals surface area contributed by atoms with E-state index in [-0.39, 0.29) is 41.0 Å². The van der Waals surface area contributed by atoms with Crippen molar-refractivity contribution in [2.75, 3.05) is 19.5 Å². The fourth-order valence-electron chi connectivity index (χ4n) is 2.29. The summed E-state index contributed by atoms with van der Waals surface area (Å²) in [4.78, 5) is 22.4. The highest BCUT2D eigenvalue weighted by molar-refractivity contribution is 7.91. The Balaban J connectivity index is 1.95. The van der Waals surface area contributed by atoms with Crippen LogP contribution in [0.4, 0.5) is 5.69 Å². The van der Waals surface area contributed by atoms with Crippen molar-refractivity contribution >= 4 is 33.1 Å². The zero-order valence-corrected chi connectivity index (χ0v) is 16.5. The van der Waals surface area contributed by atoms with Crippen LogP contribution in [0.5, 0.6) is 0 Å². The third-order valence-corrected chi connectivity index (χ3v) is 5.81. The normalized spacial score (nSPS) is 11.2. The summed E-state index contributed by atoms with van der Waals surface area (Å²) in [6.07, 6.45) is -0.0614. The van der Waals surface area contributed by atoms with Gasteiger partial charge in [0, 0.05) is 13.2 Å². The number of hydrogen-bond acceptors (Lipinski definition) is 7. The summed E-state index contributed by atoms with van der Waals surface area (Å²) in [6.45, 7) is -0.0421. The average molecular weight is 428 g/mol. The van der Waals surface area contributed by atoms with E-state index in [0.29, 0.717) is 11.1 Å². The number of hydrogen-bond donors (Lipinski definition) is 0. The molecule has 2 rings (SSSR count). The third kappa shape index (κ3) is 6.01. The van der Waals surface area contributed by atoms with Crippen LogP contribution in [0, 0.1) is 10.1 Å². The molecule has 28 heavy (non-hydrogen) atoms. The molecule has 0 atom stereocenters. The highest BCUT2D eigenvalue weighted by Gasteiger charge is 2.15. The monoisotopic (exact) mass is 427 g/mol. The Morgan fingerprint density at radius 2 is 1.79 bits per heavy atom. The van der Waals surface area contributed by atoms with Crippen LogP contribution in [0.15, 0.2) is 47.4 Å². The summed E-state index contributed by atoms with van der Waals surface area (Å²) in [6, 6.07) is 10.1. The van der Waals surface area contributed by atoms with Gasteiger partial charge in [0.2, 0.25) is 0 Å². The molecule has 0 aliphatic heterocycles. The smallest absolute Gasteiger partial charge is 0.310 e. The van der Waals surface area contributed by atoms with E-state index in [1.54, 1.807) is 0 Å². The van der Waals surface area contributed by atoms with Crippen LogP contribution < -0.4 is 0 Å². The maximum Gasteiger partial charge on any atom is 0.310 e. The molecule has 0 saturated carbocycles. The molecule has 2 aromatic rings. The summed E-state index contributed by atoms with van der Waals surface area (Å²) >= 11 is 5.73. The number of benzene rings is 2. The van der Waals surface area contributed by atoms with Crippen LogP contribution in [-0.2, 0) is 37.1 Å². The van der Waals surface area contributed by atoms with E-state index >= 15 is 0 Å². The van der Waals surface area contributed by atoms with Gasteiger partial charge in [0.25, 0.3) is 5.69 Å². The first-order valence-corrected chi connectivity index (χ1v) is 10.1. The predicted molar refractivity (Wildman–Crippen MR) is 102 cm³/mol. The Labute approximate surface area is 167 Å². The molecule has 0 aromatic heterocycles. The molecule has 10 heteroatoms. The first-order chi connectivity index (χ1) is 13.2. The van der Waals surface area contributed by atoms with Crippen molar-refractivity contribution in [2.24, 2.45) is 0 Å². The van der Waals surface area contributed by atoms with Crippen molar-refractivity contribution in [3.8, 4) is 0 Å². The number of rotatable bonds is 9. The van der Waals surface area contributed by atoms with Gasteiger partial charge in [-0.3, -0.25) is 14.9 Å². The number of methoxy groups -OCH3 is 1. The quantitative estimate of drug-likeness (QED) is 0.343. The second-order valence-electron chi connectivity index (χ2n) is 5.84. The van der Waals surface area contributed by atoms with E-state index < -0.39 is 20.7 Å². The van der Waals surface area contributed by atoms with E-state index in [0.717, 1.165) is 0 Å². The lowest BCUT2D eigenvalue weighted by molar-refractivity contribution is -0.384. The summed E-state index contributed by atoms with van der Waals surface area (Å²) in [5, 5.41) is 10.9. The maximum atomic E-state index is 12.1. The molecule has 0 spiro atoms. The molecule has 150 valence electrons. The SMILES string of the molecule is COCCS(=O)(=O)c1ccc(CC(=O)OCc2ccc(Cl)c([N+](=O)[O-])c2)cc1. The Morgan fingerprint density at radius 3 is 2.39 bits per heavy atom. The van der Waals surface area contributed by atoms with Crippen LogP contribution >= 0.6 is 11.6 Å². The van der Waals surface area contributed by atoms with Gasteiger partial charge in [0.15, 0.2) is 9.84 Å². The van der Waals surface area contributed by atoms with Crippen LogP contribution in [0.3, 0.4) is 0 Å². The van der Waals surface area contributed by atoms with Crippen LogP contribution in [-0.4, -0.2) is 38.8 Å². The van der Waals surface area contributed by atoms with Gasteiger partial charge in [-0.15, -0.1) is 0 Å². The topological polar surface area (TPSA) is 113 Å². The molecule has 0 unspecified atom stereocenters. The van der Waals surface area contributed by atoms with Gasteiger partial charge in [-0.25, -0.2) is 8.42 Å². The molecule has 0 aliphatic rings. The minimum absolute atomic E-state index is 0.000572. The van der Waals surface area contributed by atoms with Gasteiger partial charge in [-0.2, -0.15) is 0 Å². The third-order valence-electron chi connectivity index (χ3n) is 3.79. The first kappa shape index (κ1) is 21.8. The fourth-order valence-corrected chi connectivity index (χ4v) is 3.65. The number of carbonyl (C=O) groups is 1. The maximum absolute atomic E-state index is 12.1. The van der Waals surface area contributed by atoms with Gasteiger partial charge < -0.3 is 9.47 Å². The molecule has 0 heterocycles. The number of nitrogens with zero attached hydrogens (tertiary/aromatic N) is 1. The molecule has 2 aromatic carbocycles. The van der Waals surface area contributed by atoms with Crippen molar-refractivity contribution in [1.82, 2.24) is 0 Å². The summed E-state index contributed by atoms with van der Waals surface area (Å²) in [5.41, 5.74) is 0.752. The average Bonchev–Trinajstić information content (AvgIpc) is 2.66. The zero-order valence-electron chi connectivity index (χ0n) is 15.0. The molecule has 0 aliphatic carbocycles.